The van der Waals surface area contributed by atoms with Crippen LogP contribution in [0.15, 0.2) is 30.7 Å². The van der Waals surface area contributed by atoms with Crippen LogP contribution in [-0.4, -0.2) is 40.0 Å². The van der Waals surface area contributed by atoms with E-state index in [0.717, 1.165) is 35.7 Å². The van der Waals surface area contributed by atoms with Crippen LogP contribution in [0.3, 0.4) is 0 Å². The Hall–Kier alpha value is -2.07. The maximum Gasteiger partial charge on any atom is 0.0904 e. The normalized spacial score (nSPS) is 18.5. The van der Waals surface area contributed by atoms with Gasteiger partial charge in [-0.05, 0) is 69.4 Å². The van der Waals surface area contributed by atoms with Crippen molar-refractivity contribution in [3.8, 4) is 11.3 Å². The number of likely N-dealkylation sites (tertiary alicyclic amines) is 1. The number of fused-ring (bicyclic) bond motifs is 1. The molecule has 4 heteroatoms. The van der Waals surface area contributed by atoms with Gasteiger partial charge >= 0.3 is 0 Å². The Labute approximate surface area is 143 Å². The lowest BCUT2D eigenvalue weighted by atomic mass is 9.92. The summed E-state index contributed by atoms with van der Waals surface area (Å²) < 4.78 is 0. The second kappa shape index (κ2) is 6.44. The standard InChI is InChI=1S/C20H24N4/c1-14-3-4-19-18(14)10-16(11-22-19)20-13-21-12-17(23-20)9-15-5-7-24(2)8-6-15/h3,10-13,15H,4-9H2,1-2H3. The largest absolute Gasteiger partial charge is 0.306 e. The topological polar surface area (TPSA) is 41.9 Å². The van der Waals surface area contributed by atoms with Gasteiger partial charge in [0, 0.05) is 24.4 Å². The van der Waals surface area contributed by atoms with Gasteiger partial charge in [0.25, 0.3) is 0 Å². The molecule has 2 aromatic heterocycles. The molecule has 0 spiro atoms. The van der Waals surface area contributed by atoms with Gasteiger partial charge in [-0.1, -0.05) is 6.08 Å². The van der Waals surface area contributed by atoms with Crippen molar-refractivity contribution in [3.63, 3.8) is 0 Å². The van der Waals surface area contributed by atoms with Gasteiger partial charge in [0.2, 0.25) is 0 Å². The van der Waals surface area contributed by atoms with Gasteiger partial charge in [-0.15, -0.1) is 0 Å². The van der Waals surface area contributed by atoms with Crippen molar-refractivity contribution in [3.05, 3.63) is 47.7 Å². The number of hydrogen-bond donors (Lipinski definition) is 0. The first-order valence-corrected chi connectivity index (χ1v) is 8.85. The average Bonchev–Trinajstić information content (AvgIpc) is 2.98. The van der Waals surface area contributed by atoms with Crippen LogP contribution in [0.1, 0.15) is 36.7 Å². The minimum absolute atomic E-state index is 0.731. The summed E-state index contributed by atoms with van der Waals surface area (Å²) in [5, 5.41) is 0. The van der Waals surface area contributed by atoms with Crippen LogP contribution in [0, 0.1) is 5.92 Å². The van der Waals surface area contributed by atoms with Crippen molar-refractivity contribution < 1.29 is 0 Å². The lowest BCUT2D eigenvalue weighted by Crippen LogP contribution is -2.31. The SMILES string of the molecule is CC1=CCc2ncc(-c3cncc(CC4CCN(C)CC4)n3)cc21. The Morgan fingerprint density at radius 1 is 1.17 bits per heavy atom. The zero-order valence-electron chi connectivity index (χ0n) is 14.5. The molecule has 124 valence electrons. The molecule has 0 radical (unpaired) electrons. The highest BCUT2D eigenvalue weighted by molar-refractivity contribution is 5.74. The van der Waals surface area contributed by atoms with Crippen LogP contribution < -0.4 is 0 Å². The molecular weight excluding hydrogens is 296 g/mol. The number of nitrogens with zero attached hydrogens (tertiary/aromatic N) is 4. The van der Waals surface area contributed by atoms with Crippen LogP contribution in [0.25, 0.3) is 16.8 Å². The molecule has 0 N–H and O–H groups in total. The third-order valence-electron chi connectivity index (χ3n) is 5.31. The average molecular weight is 320 g/mol. The number of aromatic nitrogens is 3. The van der Waals surface area contributed by atoms with Crippen molar-refractivity contribution in [1.29, 1.82) is 0 Å². The van der Waals surface area contributed by atoms with Gasteiger partial charge in [-0.2, -0.15) is 0 Å². The molecular formula is C20H24N4. The van der Waals surface area contributed by atoms with Crippen molar-refractivity contribution in [1.82, 2.24) is 19.9 Å². The monoisotopic (exact) mass is 320 g/mol. The first kappa shape index (κ1) is 15.5. The minimum atomic E-state index is 0.731. The second-order valence-electron chi connectivity index (χ2n) is 7.16. The fourth-order valence-corrected chi connectivity index (χ4v) is 3.70. The zero-order valence-corrected chi connectivity index (χ0v) is 14.5. The lowest BCUT2D eigenvalue weighted by molar-refractivity contribution is 0.218. The molecule has 0 bridgehead atoms. The molecule has 2 aromatic rings. The van der Waals surface area contributed by atoms with E-state index >= 15 is 0 Å². The highest BCUT2D eigenvalue weighted by Crippen LogP contribution is 2.29. The van der Waals surface area contributed by atoms with Gasteiger partial charge in [0.1, 0.15) is 0 Å². The van der Waals surface area contributed by atoms with Crippen LogP contribution in [0.2, 0.25) is 0 Å². The van der Waals surface area contributed by atoms with Gasteiger partial charge < -0.3 is 4.90 Å². The van der Waals surface area contributed by atoms with Crippen molar-refractivity contribution in [2.45, 2.75) is 32.6 Å². The fourth-order valence-electron chi connectivity index (χ4n) is 3.70. The highest BCUT2D eigenvalue weighted by atomic mass is 15.1. The molecule has 1 aliphatic heterocycles. The summed E-state index contributed by atoms with van der Waals surface area (Å²) in [6.45, 7) is 4.54. The van der Waals surface area contributed by atoms with Crippen LogP contribution in [-0.2, 0) is 12.8 Å². The first-order valence-electron chi connectivity index (χ1n) is 8.85. The molecule has 4 nitrogen and oxygen atoms in total. The van der Waals surface area contributed by atoms with Crippen LogP contribution >= 0.6 is 0 Å². The first-order chi connectivity index (χ1) is 11.7. The smallest absolute Gasteiger partial charge is 0.0904 e. The molecule has 0 unspecified atom stereocenters. The summed E-state index contributed by atoms with van der Waals surface area (Å²) >= 11 is 0. The molecule has 1 fully saturated rings. The molecule has 24 heavy (non-hydrogen) atoms. The number of hydrogen-bond acceptors (Lipinski definition) is 4. The highest BCUT2D eigenvalue weighted by Gasteiger charge is 2.18. The van der Waals surface area contributed by atoms with E-state index in [1.165, 1.54) is 42.8 Å². The van der Waals surface area contributed by atoms with Crippen molar-refractivity contribution >= 4 is 5.57 Å². The third kappa shape index (κ3) is 3.11. The van der Waals surface area contributed by atoms with Crippen LogP contribution in [0.4, 0.5) is 0 Å². The van der Waals surface area contributed by atoms with E-state index in [2.05, 4.69) is 41.0 Å². The van der Waals surface area contributed by atoms with Gasteiger partial charge in [0.15, 0.2) is 0 Å². The zero-order chi connectivity index (χ0) is 16.5. The van der Waals surface area contributed by atoms with E-state index in [0.29, 0.717) is 0 Å². The number of pyridine rings is 1. The maximum atomic E-state index is 4.87. The molecule has 0 amide bonds. The number of allylic oxidation sites excluding steroid dienone is 2. The lowest BCUT2D eigenvalue weighted by Gasteiger charge is -2.28. The van der Waals surface area contributed by atoms with E-state index in [1.54, 1.807) is 0 Å². The number of rotatable bonds is 3. The maximum absolute atomic E-state index is 4.87. The summed E-state index contributed by atoms with van der Waals surface area (Å²) in [6, 6.07) is 2.21. The van der Waals surface area contributed by atoms with E-state index in [4.69, 9.17) is 4.98 Å². The molecule has 0 atom stereocenters. The molecule has 0 aromatic carbocycles. The molecule has 4 rings (SSSR count). The molecule has 0 saturated carbocycles. The van der Waals surface area contributed by atoms with Gasteiger partial charge in [-0.3, -0.25) is 9.97 Å². The van der Waals surface area contributed by atoms with E-state index < -0.39 is 0 Å². The molecule has 3 heterocycles. The Balaban J connectivity index is 1.55. The predicted octanol–water partition coefficient (Wildman–Crippen LogP) is 3.38. The van der Waals surface area contributed by atoms with Gasteiger partial charge in [-0.25, -0.2) is 4.98 Å². The van der Waals surface area contributed by atoms with Crippen molar-refractivity contribution in [2.24, 2.45) is 5.92 Å². The Morgan fingerprint density at radius 2 is 2.00 bits per heavy atom. The fraction of sp³-hybridized carbons (Fsp3) is 0.450. The summed E-state index contributed by atoms with van der Waals surface area (Å²) in [5.41, 5.74) is 6.86. The molecule has 1 saturated heterocycles. The molecule has 1 aliphatic carbocycles. The summed E-state index contributed by atoms with van der Waals surface area (Å²) in [6.07, 6.45) is 12.5. The Morgan fingerprint density at radius 3 is 2.83 bits per heavy atom. The third-order valence-corrected chi connectivity index (χ3v) is 5.31. The van der Waals surface area contributed by atoms with E-state index in [-0.39, 0.29) is 0 Å². The van der Waals surface area contributed by atoms with Gasteiger partial charge in [0.05, 0.1) is 23.3 Å². The van der Waals surface area contributed by atoms with E-state index in [1.807, 2.05) is 18.6 Å². The predicted molar refractivity (Wildman–Crippen MR) is 96.5 cm³/mol. The second-order valence-corrected chi connectivity index (χ2v) is 7.16. The quantitative estimate of drug-likeness (QED) is 0.869. The Bertz CT molecular complexity index is 773. The summed E-state index contributed by atoms with van der Waals surface area (Å²) in [7, 11) is 2.20. The summed E-state index contributed by atoms with van der Waals surface area (Å²) in [4.78, 5) is 16.3. The minimum Gasteiger partial charge on any atom is -0.306 e. The number of piperidine rings is 1. The summed E-state index contributed by atoms with van der Waals surface area (Å²) in [5.74, 6) is 0.731. The molecule has 2 aliphatic rings. The van der Waals surface area contributed by atoms with Crippen molar-refractivity contribution in [2.75, 3.05) is 20.1 Å². The van der Waals surface area contributed by atoms with E-state index in [9.17, 15) is 0 Å². The Kier molecular flexibility index (Phi) is 4.15. The van der Waals surface area contributed by atoms with Crippen LogP contribution in [0.5, 0.6) is 0 Å².